The number of hydrogen-bond acceptors (Lipinski definition) is 5. The van der Waals surface area contributed by atoms with E-state index in [2.05, 4.69) is 0 Å². The van der Waals surface area contributed by atoms with Gasteiger partial charge in [-0.15, -0.1) is 0 Å². The summed E-state index contributed by atoms with van der Waals surface area (Å²) in [5, 5.41) is 0. The second-order valence-corrected chi connectivity index (χ2v) is 1.34. The summed E-state index contributed by atoms with van der Waals surface area (Å²) < 4.78 is 8.55. The minimum atomic E-state index is -5.39. The Kier molecular flexibility index (Phi) is 42.3. The van der Waals surface area contributed by atoms with E-state index >= 15 is 0 Å². The van der Waals surface area contributed by atoms with Crippen molar-refractivity contribution < 1.29 is 67.8 Å². The van der Waals surface area contributed by atoms with Crippen molar-refractivity contribution in [2.24, 2.45) is 0 Å². The molecule has 0 heterocycles. The van der Waals surface area contributed by atoms with Crippen LogP contribution in [-0.2, 0) is 47.6 Å². The van der Waals surface area contributed by atoms with Gasteiger partial charge >= 0.3 is 16.5 Å². The molecular weight excluding hydrogens is 282 g/mol. The zero-order valence-electron chi connectivity index (χ0n) is 3.66. The Morgan fingerprint density at radius 1 is 1.11 bits per heavy atom. The van der Waals surface area contributed by atoms with Crippen molar-refractivity contribution in [3.8, 4) is 0 Å². The summed E-state index contributed by atoms with van der Waals surface area (Å²) in [4.78, 5) is 25.6. The fourth-order valence-electron chi connectivity index (χ4n) is 0. The van der Waals surface area contributed by atoms with Gasteiger partial charge in [0.1, 0.15) is 0 Å². The molecule has 0 saturated carbocycles. The van der Waals surface area contributed by atoms with Crippen LogP contribution in [0.2, 0.25) is 0 Å². The standard InChI is InChI=1S/Mo.Ni.H3O4P.H2O.O/c;;1-5(2,3)4;;/h;;(H3,1,2,3,4);1H2;/q;+2;;;-2/p-4. The predicted molar refractivity (Wildman–Crippen MR) is 10.2 cm³/mol. The van der Waals surface area contributed by atoms with E-state index < -0.39 is 7.82 Å². The van der Waals surface area contributed by atoms with Gasteiger partial charge in [-0.2, -0.15) is 7.82 Å². The Morgan fingerprint density at radius 3 is 1.11 bits per heavy atom. The van der Waals surface area contributed by atoms with Crippen molar-refractivity contribution in [1.29, 1.82) is 0 Å². The molecular formula is HMoNiO6P-4. The summed E-state index contributed by atoms with van der Waals surface area (Å²) in [6.45, 7) is 0. The molecule has 0 fully saturated rings. The van der Waals surface area contributed by atoms with Gasteiger partial charge in [0.25, 0.3) is 0 Å². The Hall–Kier alpha value is 1.21. The van der Waals surface area contributed by atoms with E-state index in [1.54, 1.807) is 0 Å². The molecule has 0 unspecified atom stereocenters. The monoisotopic (exact) mass is 284 g/mol. The van der Waals surface area contributed by atoms with Crippen LogP contribution in [0.25, 0.3) is 0 Å². The topological polar surface area (TPSA) is 145 Å². The summed E-state index contributed by atoms with van der Waals surface area (Å²) >= 11 is 0. The van der Waals surface area contributed by atoms with E-state index in [-0.39, 0.29) is 48.5 Å². The van der Waals surface area contributed by atoms with E-state index in [0.29, 0.717) is 0 Å². The molecule has 6 nitrogen and oxygen atoms in total. The second-order valence-electron chi connectivity index (χ2n) is 0.447. The first kappa shape index (κ1) is 31.9. The van der Waals surface area contributed by atoms with E-state index in [1.807, 2.05) is 0 Å². The van der Waals surface area contributed by atoms with Crippen molar-refractivity contribution >= 4 is 7.82 Å². The van der Waals surface area contributed by atoms with Gasteiger partial charge in [0.05, 0.1) is 0 Å². The molecule has 0 aliphatic rings. The van der Waals surface area contributed by atoms with Gasteiger partial charge in [-0.1, -0.05) is 0 Å². The Bertz CT molecular complexity index is 59.2. The molecule has 0 bridgehead atoms. The van der Waals surface area contributed by atoms with E-state index in [9.17, 15) is 0 Å². The minimum absolute atomic E-state index is 0. The van der Waals surface area contributed by atoms with Crippen molar-refractivity contribution in [3.63, 3.8) is 0 Å². The van der Waals surface area contributed by atoms with Gasteiger partial charge < -0.3 is 30.2 Å². The molecule has 0 aromatic heterocycles. The maximum Gasteiger partial charge on any atom is 2.00 e. The predicted octanol–water partition coefficient (Wildman–Crippen LogP) is -3.13. The van der Waals surface area contributed by atoms with Crippen LogP contribution in [0.3, 0.4) is 0 Å². The molecule has 9 heteroatoms. The van der Waals surface area contributed by atoms with Crippen molar-refractivity contribution in [2.45, 2.75) is 0 Å². The molecule has 62 valence electrons. The van der Waals surface area contributed by atoms with Crippen LogP contribution in [0.5, 0.6) is 0 Å². The quantitative estimate of drug-likeness (QED) is 0.341. The molecule has 0 rings (SSSR count). The maximum absolute atomic E-state index is 8.55. The zero-order valence-corrected chi connectivity index (χ0v) is 7.55. The number of hydrogen-bond donors (Lipinski definition) is 0. The molecule has 0 radical (unpaired) electrons. The molecule has 0 aliphatic heterocycles. The fraction of sp³-hybridized carbons (Fsp3) is 0. The normalized spacial score (nSPS) is 6.56. The molecule has 0 aliphatic carbocycles. The first-order valence-electron chi connectivity index (χ1n) is 0.730. The third-order valence-electron chi connectivity index (χ3n) is 0. The van der Waals surface area contributed by atoms with Gasteiger partial charge in [-0.05, 0) is 0 Å². The van der Waals surface area contributed by atoms with Gasteiger partial charge in [-0.3, -0.25) is 0 Å². The average molecular weight is 283 g/mol. The van der Waals surface area contributed by atoms with Gasteiger partial charge in [0, 0.05) is 21.1 Å². The maximum atomic E-state index is 8.55. The van der Waals surface area contributed by atoms with Crippen LogP contribution in [0.15, 0.2) is 0 Å². The van der Waals surface area contributed by atoms with Crippen LogP contribution < -0.4 is 14.7 Å². The smallest absolute Gasteiger partial charge is 2.00 e. The molecule has 0 aromatic carbocycles. The molecule has 1 N–H and O–H groups in total. The molecule has 0 aromatic rings. The van der Waals surface area contributed by atoms with E-state index in [4.69, 9.17) is 19.2 Å². The first-order valence-corrected chi connectivity index (χ1v) is 2.19. The summed E-state index contributed by atoms with van der Waals surface area (Å²) in [6, 6.07) is 0. The summed E-state index contributed by atoms with van der Waals surface area (Å²) in [5.41, 5.74) is 0. The van der Waals surface area contributed by atoms with Crippen LogP contribution in [0, 0.1) is 0 Å². The summed E-state index contributed by atoms with van der Waals surface area (Å²) in [5.74, 6) is 0. The third kappa shape index (κ3) is 326. The summed E-state index contributed by atoms with van der Waals surface area (Å²) in [6.07, 6.45) is 0. The Labute approximate surface area is 75.7 Å². The first-order chi connectivity index (χ1) is 2.00. The van der Waals surface area contributed by atoms with Crippen LogP contribution in [-0.4, -0.2) is 5.48 Å². The second kappa shape index (κ2) is 11.9. The summed E-state index contributed by atoms with van der Waals surface area (Å²) in [7, 11) is -5.39. The van der Waals surface area contributed by atoms with Crippen molar-refractivity contribution in [3.05, 3.63) is 0 Å². The molecule has 0 atom stereocenters. The largest absolute Gasteiger partial charge is 2.00 e. The van der Waals surface area contributed by atoms with Crippen LogP contribution in [0.1, 0.15) is 0 Å². The molecule has 0 amide bonds. The molecule has 9 heavy (non-hydrogen) atoms. The third-order valence-corrected chi connectivity index (χ3v) is 0. The number of phosphoric acid groups is 1. The molecule has 0 saturated heterocycles. The van der Waals surface area contributed by atoms with Gasteiger partial charge in [-0.25, -0.2) is 0 Å². The SMILES string of the molecule is O=P([O-])([O-])[O-].[Mo].[Ni+2].[O-2].[OH-]. The van der Waals surface area contributed by atoms with E-state index in [0.717, 1.165) is 0 Å². The minimum Gasteiger partial charge on any atom is -2.00 e. The Balaban J connectivity index is -0.0000000133. The van der Waals surface area contributed by atoms with Gasteiger partial charge in [0.15, 0.2) is 0 Å². The Morgan fingerprint density at radius 2 is 1.11 bits per heavy atom. The number of rotatable bonds is 0. The average Bonchev–Trinajstić information content (AvgIpc) is 0.722. The van der Waals surface area contributed by atoms with E-state index in [1.165, 1.54) is 0 Å². The van der Waals surface area contributed by atoms with Crippen LogP contribution >= 0.6 is 7.82 Å². The molecule has 0 spiro atoms. The fourth-order valence-corrected chi connectivity index (χ4v) is 0. The van der Waals surface area contributed by atoms with Crippen molar-refractivity contribution in [2.75, 3.05) is 0 Å². The van der Waals surface area contributed by atoms with Crippen molar-refractivity contribution in [1.82, 2.24) is 0 Å². The zero-order chi connectivity index (χ0) is 4.50. The van der Waals surface area contributed by atoms with Crippen LogP contribution in [0.4, 0.5) is 0 Å². The van der Waals surface area contributed by atoms with Gasteiger partial charge in [0.2, 0.25) is 0 Å².